The maximum Gasteiger partial charge on any atom is 0.339 e. The fourth-order valence-corrected chi connectivity index (χ4v) is 4.52. The number of hydrogen-bond donors (Lipinski definition) is 4. The van der Waals surface area contributed by atoms with Crippen molar-refractivity contribution in [3.8, 4) is 5.82 Å². The second-order valence-electron chi connectivity index (χ2n) is 8.84. The van der Waals surface area contributed by atoms with E-state index >= 15 is 0 Å². The summed E-state index contributed by atoms with van der Waals surface area (Å²) in [6, 6.07) is 3.06. The largest absolute Gasteiger partial charge is 0.478 e. The summed E-state index contributed by atoms with van der Waals surface area (Å²) in [6.07, 6.45) is 12.2. The summed E-state index contributed by atoms with van der Waals surface area (Å²) in [5.41, 5.74) is -0.372. The fourth-order valence-electron chi connectivity index (χ4n) is 4.13. The van der Waals surface area contributed by atoms with E-state index in [0.29, 0.717) is 5.69 Å². The number of halogens is 1. The molecule has 2 atom stereocenters. The zero-order chi connectivity index (χ0) is 30.5. The van der Waals surface area contributed by atoms with Gasteiger partial charge in [-0.25, -0.2) is 19.6 Å². The van der Waals surface area contributed by atoms with Gasteiger partial charge in [0.2, 0.25) is 5.91 Å². The summed E-state index contributed by atoms with van der Waals surface area (Å²) in [5, 5.41) is 41.4. The van der Waals surface area contributed by atoms with Crippen molar-refractivity contribution in [1.29, 1.82) is 0 Å². The Morgan fingerprint density at radius 1 is 1.07 bits per heavy atom. The number of hydrogen-bond acceptors (Lipinski definition) is 10. The van der Waals surface area contributed by atoms with Crippen molar-refractivity contribution in [2.75, 3.05) is 12.4 Å². The first-order chi connectivity index (χ1) is 19.5. The number of aromatic nitrogens is 5. The lowest BCUT2D eigenvalue weighted by Gasteiger charge is -2.30. The molecule has 3 aromatic rings. The minimum absolute atomic E-state index is 0.0746. The number of nitrogens with zero attached hydrogens (tertiary/aromatic N) is 6. The number of carbonyl (C=O) groups excluding carboxylic acids is 1. The second-order valence-corrected chi connectivity index (χ2v) is 9.59. The molecule has 1 aliphatic carbocycles. The average molecular weight is 635 g/mol. The van der Waals surface area contributed by atoms with E-state index in [1.165, 1.54) is 63.7 Å². The number of nitro groups is 1. The number of rotatable bonds is 7. The van der Waals surface area contributed by atoms with Crippen LogP contribution < -0.4 is 10.6 Å². The highest BCUT2D eigenvalue weighted by Gasteiger charge is 2.21. The minimum Gasteiger partial charge on any atom is -0.478 e. The molecule has 220 valence electrons. The van der Waals surface area contributed by atoms with Gasteiger partial charge in [0.15, 0.2) is 5.82 Å². The van der Waals surface area contributed by atoms with E-state index in [2.05, 4.69) is 60.7 Å². The lowest BCUT2D eigenvalue weighted by atomic mass is 9.83. The summed E-state index contributed by atoms with van der Waals surface area (Å²) in [4.78, 5) is 50.6. The van der Waals surface area contributed by atoms with Crippen LogP contribution in [0.25, 0.3) is 5.82 Å². The maximum atomic E-state index is 11.1. The van der Waals surface area contributed by atoms with Gasteiger partial charge in [0.1, 0.15) is 16.4 Å². The van der Waals surface area contributed by atoms with Gasteiger partial charge in [-0.2, -0.15) is 10.2 Å². The molecule has 15 nitrogen and oxygen atoms in total. The molecule has 3 aromatic heterocycles. The maximum absolute atomic E-state index is 11.1. The summed E-state index contributed by atoms with van der Waals surface area (Å²) in [7, 11) is 2.10. The number of carboxylic acids is 2. The van der Waals surface area contributed by atoms with Gasteiger partial charge in [0.05, 0.1) is 34.8 Å². The number of amides is 1. The predicted molar refractivity (Wildman–Crippen MR) is 151 cm³/mol. The van der Waals surface area contributed by atoms with Gasteiger partial charge >= 0.3 is 11.9 Å². The molecule has 0 radical (unpaired) electrons. The van der Waals surface area contributed by atoms with Crippen LogP contribution in [0.15, 0.2) is 41.5 Å². The lowest BCUT2D eigenvalue weighted by molar-refractivity contribution is -0.385. The van der Waals surface area contributed by atoms with E-state index in [1.54, 1.807) is 0 Å². The molecule has 1 aliphatic rings. The number of aromatic carboxylic acids is 2. The molecule has 16 heteroatoms. The highest BCUT2D eigenvalue weighted by atomic mass is 79.9. The van der Waals surface area contributed by atoms with Crippen molar-refractivity contribution in [2.24, 2.45) is 5.92 Å². The third-order valence-corrected chi connectivity index (χ3v) is 6.73. The standard InChI is InChI=1S/C10H9N5O3.C9H19N.C6H3BrN2O4/c1-6(16)14-7-4-8(10(17)18)9(11-5-7)15-12-2-3-13-15;1-3-8-6-4-5-7-9(8)10-2;7-5-4(6(10)11)1-3(2-8-5)9(12)13/h2-5H,1H3,(H,14,16)(H,17,18);8-10H,3-7H2,1-2H3;1-2H,(H,10,11). The Labute approximate surface area is 243 Å². The first kappa shape index (κ1) is 32.9. The third-order valence-electron chi connectivity index (χ3n) is 6.10. The number of anilines is 1. The second kappa shape index (κ2) is 16.1. The zero-order valence-electron chi connectivity index (χ0n) is 22.7. The number of carbonyl (C=O) groups is 3. The van der Waals surface area contributed by atoms with Crippen molar-refractivity contribution < 1.29 is 29.5 Å². The number of pyridine rings is 2. The molecular formula is C25H31BrN8O7. The van der Waals surface area contributed by atoms with Crippen molar-refractivity contribution in [2.45, 2.75) is 52.0 Å². The van der Waals surface area contributed by atoms with Gasteiger partial charge in [-0.1, -0.05) is 26.2 Å². The Kier molecular flexibility index (Phi) is 12.9. The topological polar surface area (TPSA) is 215 Å². The normalized spacial score (nSPS) is 15.8. The molecule has 4 N–H and O–H groups in total. The Bertz CT molecular complexity index is 1340. The molecule has 1 amide bonds. The quantitative estimate of drug-likeness (QED) is 0.165. The van der Waals surface area contributed by atoms with Crippen LogP contribution >= 0.6 is 15.9 Å². The Balaban J connectivity index is 0.000000226. The molecule has 1 fully saturated rings. The minimum atomic E-state index is -1.26. The van der Waals surface area contributed by atoms with Crippen LogP contribution in [-0.4, -0.2) is 71.0 Å². The summed E-state index contributed by atoms with van der Waals surface area (Å²) >= 11 is 2.87. The van der Waals surface area contributed by atoms with Gasteiger partial charge in [0, 0.05) is 19.0 Å². The number of carboxylic acid groups (broad SMARTS) is 2. The summed E-state index contributed by atoms with van der Waals surface area (Å²) < 4.78 is 0.0746. The fraction of sp³-hybridized carbons (Fsp3) is 0.400. The molecule has 3 heterocycles. The van der Waals surface area contributed by atoms with Gasteiger partial charge in [0.25, 0.3) is 5.69 Å². The molecule has 1 saturated carbocycles. The first-order valence-electron chi connectivity index (χ1n) is 12.6. The SMILES string of the molecule is CC(=O)Nc1cnc(-n2nccn2)c(C(=O)O)c1.CCC1CCCCC1NC.O=C(O)c1cc([N+](=O)[O-])cnc1Br. The van der Waals surface area contributed by atoms with Crippen molar-refractivity contribution in [3.63, 3.8) is 0 Å². The van der Waals surface area contributed by atoms with E-state index in [4.69, 9.17) is 10.2 Å². The van der Waals surface area contributed by atoms with Crippen LogP contribution in [0.3, 0.4) is 0 Å². The van der Waals surface area contributed by atoms with E-state index in [0.717, 1.165) is 29.0 Å². The van der Waals surface area contributed by atoms with Crippen molar-refractivity contribution in [3.05, 3.63) is 62.8 Å². The third kappa shape index (κ3) is 9.99. The van der Waals surface area contributed by atoms with Crippen LogP contribution in [0, 0.1) is 16.0 Å². The van der Waals surface area contributed by atoms with Gasteiger partial charge in [-0.3, -0.25) is 14.9 Å². The van der Waals surface area contributed by atoms with Gasteiger partial charge < -0.3 is 20.8 Å². The molecule has 41 heavy (non-hydrogen) atoms. The van der Waals surface area contributed by atoms with E-state index in [1.807, 2.05) is 0 Å². The summed E-state index contributed by atoms with van der Waals surface area (Å²) in [6.45, 7) is 3.63. The van der Waals surface area contributed by atoms with Gasteiger partial charge in [-0.05, 0) is 47.8 Å². The van der Waals surface area contributed by atoms with Crippen molar-refractivity contribution >= 4 is 45.2 Å². The Morgan fingerprint density at radius 3 is 2.22 bits per heavy atom. The number of nitrogens with one attached hydrogen (secondary N) is 2. The van der Waals surface area contributed by atoms with Crippen LogP contribution in [0.5, 0.6) is 0 Å². The van der Waals surface area contributed by atoms with E-state index in [-0.39, 0.29) is 33.1 Å². The van der Waals surface area contributed by atoms with Crippen molar-refractivity contribution in [1.82, 2.24) is 30.3 Å². The Hall–Kier alpha value is -4.31. The highest BCUT2D eigenvalue weighted by Crippen LogP contribution is 2.26. The van der Waals surface area contributed by atoms with Crippen LogP contribution in [0.2, 0.25) is 0 Å². The Morgan fingerprint density at radius 2 is 1.71 bits per heavy atom. The van der Waals surface area contributed by atoms with Crippen LogP contribution in [0.4, 0.5) is 11.4 Å². The first-order valence-corrected chi connectivity index (χ1v) is 13.4. The molecule has 2 unspecified atom stereocenters. The summed E-state index contributed by atoms with van der Waals surface area (Å²) in [5.74, 6) is -1.71. The van der Waals surface area contributed by atoms with Crippen LogP contribution in [0.1, 0.15) is 66.7 Å². The predicted octanol–water partition coefficient (Wildman–Crippen LogP) is 3.94. The highest BCUT2D eigenvalue weighted by molar-refractivity contribution is 9.10. The monoisotopic (exact) mass is 634 g/mol. The smallest absolute Gasteiger partial charge is 0.339 e. The molecule has 0 aliphatic heterocycles. The molecule has 0 aromatic carbocycles. The molecule has 4 rings (SSSR count). The average Bonchev–Trinajstić information content (AvgIpc) is 3.48. The molecule has 0 saturated heterocycles. The molecular weight excluding hydrogens is 604 g/mol. The lowest BCUT2D eigenvalue weighted by Crippen LogP contribution is -2.35. The van der Waals surface area contributed by atoms with Gasteiger partial charge in [-0.15, -0.1) is 4.80 Å². The zero-order valence-corrected chi connectivity index (χ0v) is 24.2. The molecule has 0 spiro atoms. The van der Waals surface area contributed by atoms with E-state index < -0.39 is 16.9 Å². The van der Waals surface area contributed by atoms with Crippen LogP contribution in [-0.2, 0) is 4.79 Å². The molecule has 0 bridgehead atoms. The van der Waals surface area contributed by atoms with E-state index in [9.17, 15) is 24.5 Å².